The number of carbonyl (C=O) groups is 1. The number of amides is 1. The second kappa shape index (κ2) is 6.55. The Morgan fingerprint density at radius 1 is 1.11 bits per heavy atom. The van der Waals surface area contributed by atoms with Crippen LogP contribution in [0.4, 0.5) is 28.4 Å². The van der Waals surface area contributed by atoms with Crippen molar-refractivity contribution in [1.29, 1.82) is 0 Å². The Morgan fingerprint density at radius 2 is 1.86 bits per heavy atom. The van der Waals surface area contributed by atoms with Gasteiger partial charge in [0, 0.05) is 11.1 Å². The fourth-order valence-corrected chi connectivity index (χ4v) is 2.72. The number of oxazole rings is 1. The van der Waals surface area contributed by atoms with Crippen molar-refractivity contribution in [1.82, 2.24) is 4.98 Å². The molecule has 0 spiro atoms. The number of hydrogen-bond acceptors (Lipinski definition) is 5. The average molecular weight is 394 g/mol. The molecule has 0 fully saturated rings. The molecule has 2 aromatic carbocycles. The van der Waals surface area contributed by atoms with Crippen molar-refractivity contribution >= 4 is 12.1 Å². The van der Waals surface area contributed by atoms with Crippen LogP contribution < -0.4 is 10.1 Å². The zero-order valence-corrected chi connectivity index (χ0v) is 13.8. The van der Waals surface area contributed by atoms with E-state index in [9.17, 15) is 22.4 Å². The first-order chi connectivity index (χ1) is 13.3. The molecule has 4 rings (SSSR count). The molecule has 1 amide bonds. The van der Waals surface area contributed by atoms with Gasteiger partial charge in [-0.15, -0.1) is 0 Å². The van der Waals surface area contributed by atoms with Gasteiger partial charge in [-0.3, -0.25) is 0 Å². The van der Waals surface area contributed by atoms with Crippen molar-refractivity contribution in [3.8, 4) is 11.5 Å². The lowest BCUT2D eigenvalue weighted by Gasteiger charge is -2.27. The largest absolute Gasteiger partial charge is 0.453 e. The third-order valence-electron chi connectivity index (χ3n) is 3.91. The minimum atomic E-state index is -4.74. The van der Waals surface area contributed by atoms with Gasteiger partial charge in [0.05, 0.1) is 6.20 Å². The predicted molar refractivity (Wildman–Crippen MR) is 86.4 cm³/mol. The Bertz CT molecular complexity index is 1050. The monoisotopic (exact) mass is 394 g/mol. The molecular weight excluding hydrogens is 384 g/mol. The molecule has 6 nitrogen and oxygen atoms in total. The Labute approximate surface area is 154 Å². The standard InChI is InChI=1S/C18H10F4N2O4/c19-11-6-3-5-10-14(9-4-1-2-7-12(9)26-15(10)11)28-17(25)24-16-23-8-13(27-16)18(20,21)22/h1-8,14H,(H,23,24,25). The number of halogens is 4. The number of para-hydroxylation sites is 2. The second-order valence-corrected chi connectivity index (χ2v) is 5.74. The van der Waals surface area contributed by atoms with Gasteiger partial charge in [0.1, 0.15) is 5.75 Å². The molecule has 3 aromatic rings. The molecule has 0 aliphatic carbocycles. The fraction of sp³-hybridized carbons (Fsp3) is 0.111. The maximum atomic E-state index is 14.1. The minimum absolute atomic E-state index is 0.102. The summed E-state index contributed by atoms with van der Waals surface area (Å²) in [5.74, 6) is -1.84. The van der Waals surface area contributed by atoms with Gasteiger partial charge < -0.3 is 13.9 Å². The molecule has 0 saturated heterocycles. The van der Waals surface area contributed by atoms with Crippen LogP contribution in [0, 0.1) is 5.82 Å². The zero-order chi connectivity index (χ0) is 19.9. The van der Waals surface area contributed by atoms with E-state index in [2.05, 4.69) is 9.40 Å². The van der Waals surface area contributed by atoms with Gasteiger partial charge in [-0.05, 0) is 12.1 Å². The number of hydrogen-bond donors (Lipinski definition) is 1. The number of fused-ring (bicyclic) bond motifs is 2. The Kier molecular flexibility index (Phi) is 4.17. The summed E-state index contributed by atoms with van der Waals surface area (Å²) in [6, 6.07) is 9.96. The zero-order valence-electron chi connectivity index (χ0n) is 13.8. The Morgan fingerprint density at radius 3 is 2.61 bits per heavy atom. The third-order valence-corrected chi connectivity index (χ3v) is 3.91. The topological polar surface area (TPSA) is 73.6 Å². The van der Waals surface area contributed by atoms with Crippen LogP contribution in [0.1, 0.15) is 23.0 Å². The predicted octanol–water partition coefficient (Wildman–Crippen LogP) is 5.28. The van der Waals surface area contributed by atoms with Crippen molar-refractivity contribution in [2.45, 2.75) is 12.3 Å². The van der Waals surface area contributed by atoms with Crippen LogP contribution in [-0.4, -0.2) is 11.1 Å². The molecule has 1 atom stereocenters. The normalized spacial score (nSPS) is 15.2. The van der Waals surface area contributed by atoms with E-state index < -0.39 is 36.0 Å². The summed E-state index contributed by atoms with van der Waals surface area (Å²) >= 11 is 0. The fourth-order valence-electron chi connectivity index (χ4n) is 2.72. The van der Waals surface area contributed by atoms with Crippen LogP contribution in [0.3, 0.4) is 0 Å². The van der Waals surface area contributed by atoms with Gasteiger partial charge in [0.2, 0.25) is 5.76 Å². The maximum Gasteiger partial charge on any atom is 0.451 e. The molecule has 144 valence electrons. The summed E-state index contributed by atoms with van der Waals surface area (Å²) in [5, 5.41) is 1.98. The molecule has 28 heavy (non-hydrogen) atoms. The van der Waals surface area contributed by atoms with E-state index in [1.54, 1.807) is 24.3 Å². The highest BCUT2D eigenvalue weighted by Crippen LogP contribution is 2.45. The smallest absolute Gasteiger partial charge is 0.451 e. The number of aromatic nitrogens is 1. The molecule has 1 unspecified atom stereocenters. The molecule has 1 aliphatic rings. The van der Waals surface area contributed by atoms with Gasteiger partial charge in [-0.2, -0.15) is 13.2 Å². The van der Waals surface area contributed by atoms with Gasteiger partial charge >= 0.3 is 18.3 Å². The van der Waals surface area contributed by atoms with Gasteiger partial charge in [0.25, 0.3) is 0 Å². The molecule has 1 aromatic heterocycles. The number of nitrogens with zero attached hydrogens (tertiary/aromatic N) is 1. The van der Waals surface area contributed by atoms with E-state index in [0.717, 1.165) is 0 Å². The highest BCUT2D eigenvalue weighted by atomic mass is 19.4. The summed E-state index contributed by atoms with van der Waals surface area (Å²) in [4.78, 5) is 15.5. The summed E-state index contributed by atoms with van der Waals surface area (Å²) in [5.41, 5.74) is 0.691. The van der Waals surface area contributed by atoms with Crippen LogP contribution in [0.2, 0.25) is 0 Å². The van der Waals surface area contributed by atoms with Crippen LogP contribution in [0.25, 0.3) is 0 Å². The molecule has 10 heteroatoms. The highest BCUT2D eigenvalue weighted by Gasteiger charge is 2.36. The number of ether oxygens (including phenoxy) is 2. The average Bonchev–Trinajstić information content (AvgIpc) is 3.11. The Balaban J connectivity index is 1.60. The maximum absolute atomic E-state index is 14.1. The van der Waals surface area contributed by atoms with E-state index in [-0.39, 0.29) is 17.1 Å². The lowest BCUT2D eigenvalue weighted by Crippen LogP contribution is -2.21. The molecule has 0 saturated carbocycles. The summed E-state index contributed by atoms with van der Waals surface area (Å²) in [7, 11) is 0. The number of anilines is 1. The highest BCUT2D eigenvalue weighted by molar-refractivity contribution is 5.82. The number of carbonyl (C=O) groups excluding carboxylic acids is 1. The second-order valence-electron chi connectivity index (χ2n) is 5.74. The molecule has 1 aliphatic heterocycles. The number of nitrogens with one attached hydrogen (secondary N) is 1. The van der Waals surface area contributed by atoms with Crippen LogP contribution in [0.5, 0.6) is 11.5 Å². The summed E-state index contributed by atoms with van der Waals surface area (Å²) in [6.45, 7) is 0. The van der Waals surface area contributed by atoms with Gasteiger partial charge in [-0.1, -0.05) is 30.3 Å². The minimum Gasteiger partial charge on any atom is -0.453 e. The van der Waals surface area contributed by atoms with Gasteiger partial charge in [0.15, 0.2) is 17.7 Å². The number of rotatable bonds is 2. The van der Waals surface area contributed by atoms with Crippen molar-refractivity contribution in [3.63, 3.8) is 0 Å². The number of benzene rings is 2. The summed E-state index contributed by atoms with van der Waals surface area (Å²) < 4.78 is 67.1. The first-order valence-electron chi connectivity index (χ1n) is 7.89. The lowest BCUT2D eigenvalue weighted by molar-refractivity contribution is -0.152. The van der Waals surface area contributed by atoms with Crippen molar-refractivity contribution in [3.05, 3.63) is 71.4 Å². The molecule has 0 radical (unpaired) electrons. The summed E-state index contributed by atoms with van der Waals surface area (Å²) in [6.07, 6.45) is -6.49. The van der Waals surface area contributed by atoms with E-state index in [0.29, 0.717) is 11.8 Å². The third kappa shape index (κ3) is 3.24. The SMILES string of the molecule is O=C(Nc1ncc(C(F)(F)F)o1)OC1c2ccccc2Oc2c(F)cccc21. The first kappa shape index (κ1) is 17.8. The molecule has 2 heterocycles. The first-order valence-corrected chi connectivity index (χ1v) is 7.89. The van der Waals surface area contributed by atoms with Crippen molar-refractivity contribution in [2.75, 3.05) is 5.32 Å². The molecule has 1 N–H and O–H groups in total. The van der Waals surface area contributed by atoms with Crippen LogP contribution in [0.15, 0.2) is 53.1 Å². The van der Waals surface area contributed by atoms with Crippen molar-refractivity contribution in [2.24, 2.45) is 0 Å². The Hall–Kier alpha value is -3.56. The number of alkyl halides is 3. The van der Waals surface area contributed by atoms with Crippen LogP contribution >= 0.6 is 0 Å². The molecular formula is C18H10F4N2O4. The van der Waals surface area contributed by atoms with Crippen LogP contribution in [-0.2, 0) is 10.9 Å². The van der Waals surface area contributed by atoms with E-state index in [1.807, 2.05) is 5.32 Å². The quantitative estimate of drug-likeness (QED) is 0.599. The van der Waals surface area contributed by atoms with E-state index >= 15 is 0 Å². The molecule has 0 bridgehead atoms. The lowest BCUT2D eigenvalue weighted by atomic mass is 9.97. The van der Waals surface area contributed by atoms with Gasteiger partial charge in [-0.25, -0.2) is 19.5 Å². The van der Waals surface area contributed by atoms with E-state index in [4.69, 9.17) is 9.47 Å². The van der Waals surface area contributed by atoms with Crippen molar-refractivity contribution < 1.29 is 36.2 Å². The van der Waals surface area contributed by atoms with E-state index in [1.165, 1.54) is 18.2 Å².